The minimum absolute atomic E-state index is 0.0258. The molecule has 0 aromatic carbocycles. The number of aromatic nitrogens is 2. The zero-order valence-corrected chi connectivity index (χ0v) is 8.87. The van der Waals surface area contributed by atoms with Gasteiger partial charge in [-0.3, -0.25) is 9.48 Å². The molecule has 0 fully saturated rings. The number of nitrogens with one attached hydrogen (secondary N) is 1. The molecule has 6 nitrogen and oxygen atoms in total. The third kappa shape index (κ3) is 2.34. The van der Waals surface area contributed by atoms with E-state index in [1.165, 1.54) is 11.6 Å². The number of hydrogen-bond donors (Lipinski definition) is 2. The third-order valence-corrected chi connectivity index (χ3v) is 2.14. The topological polar surface area (TPSA) is 84.2 Å². The Hall–Kier alpha value is -1.85. The van der Waals surface area contributed by atoms with Gasteiger partial charge in [0.15, 0.2) is 5.69 Å². The number of carboxylic acids is 1. The zero-order valence-electron chi connectivity index (χ0n) is 8.87. The van der Waals surface area contributed by atoms with Crippen molar-refractivity contribution in [1.82, 2.24) is 15.1 Å². The molecule has 0 spiro atoms. The number of carbonyl (C=O) groups excluding carboxylic acids is 1. The molecular formula is C9H13N3O3. The summed E-state index contributed by atoms with van der Waals surface area (Å²) in [6, 6.07) is 0. The van der Waals surface area contributed by atoms with Crippen molar-refractivity contribution in [1.29, 1.82) is 0 Å². The molecule has 1 aromatic rings. The highest BCUT2D eigenvalue weighted by Gasteiger charge is 2.17. The van der Waals surface area contributed by atoms with Crippen LogP contribution in [0.2, 0.25) is 0 Å². The van der Waals surface area contributed by atoms with E-state index in [0.717, 1.165) is 0 Å². The van der Waals surface area contributed by atoms with E-state index in [4.69, 9.17) is 5.11 Å². The molecular weight excluding hydrogens is 198 g/mol. The maximum absolute atomic E-state index is 10.8. The lowest BCUT2D eigenvalue weighted by molar-refractivity contribution is -0.119. The average Bonchev–Trinajstić information content (AvgIpc) is 2.39. The Morgan fingerprint density at radius 1 is 1.53 bits per heavy atom. The summed E-state index contributed by atoms with van der Waals surface area (Å²) >= 11 is 0. The van der Waals surface area contributed by atoms with E-state index in [1.807, 2.05) is 0 Å². The van der Waals surface area contributed by atoms with Gasteiger partial charge in [-0.25, -0.2) is 4.79 Å². The van der Waals surface area contributed by atoms with Gasteiger partial charge in [-0.2, -0.15) is 5.10 Å². The summed E-state index contributed by atoms with van der Waals surface area (Å²) in [5.41, 5.74) is 1.30. The summed E-state index contributed by atoms with van der Waals surface area (Å²) < 4.78 is 1.47. The Bertz CT molecular complexity index is 409. The molecule has 82 valence electrons. The SMILES string of the molecule is CC(=O)NCc1c(C)c(C(=O)O)nn1C. The van der Waals surface area contributed by atoms with E-state index in [2.05, 4.69) is 10.4 Å². The van der Waals surface area contributed by atoms with Crippen molar-refractivity contribution in [3.63, 3.8) is 0 Å². The van der Waals surface area contributed by atoms with Crippen LogP contribution in [0.1, 0.15) is 28.7 Å². The quantitative estimate of drug-likeness (QED) is 0.740. The van der Waals surface area contributed by atoms with Crippen LogP contribution in [0.4, 0.5) is 0 Å². The number of carboxylic acid groups (broad SMARTS) is 1. The van der Waals surface area contributed by atoms with E-state index >= 15 is 0 Å². The first-order chi connectivity index (χ1) is 6.93. The van der Waals surface area contributed by atoms with E-state index in [-0.39, 0.29) is 18.1 Å². The molecule has 0 bridgehead atoms. The van der Waals surface area contributed by atoms with Gasteiger partial charge in [-0.15, -0.1) is 0 Å². The lowest BCUT2D eigenvalue weighted by Gasteiger charge is -2.03. The van der Waals surface area contributed by atoms with Crippen LogP contribution in [0.3, 0.4) is 0 Å². The normalized spacial score (nSPS) is 10.1. The number of aromatic carboxylic acids is 1. The molecule has 0 radical (unpaired) electrons. The molecule has 1 amide bonds. The number of amides is 1. The Morgan fingerprint density at radius 2 is 2.13 bits per heavy atom. The van der Waals surface area contributed by atoms with Gasteiger partial charge in [-0.1, -0.05) is 0 Å². The predicted octanol–water partition coefficient (Wildman–Crippen LogP) is 0.0628. The van der Waals surface area contributed by atoms with E-state index in [1.54, 1.807) is 14.0 Å². The van der Waals surface area contributed by atoms with Gasteiger partial charge >= 0.3 is 5.97 Å². The van der Waals surface area contributed by atoms with E-state index in [9.17, 15) is 9.59 Å². The van der Waals surface area contributed by atoms with Crippen LogP contribution in [0.15, 0.2) is 0 Å². The fraction of sp³-hybridized carbons (Fsp3) is 0.444. The lowest BCUT2D eigenvalue weighted by atomic mass is 10.2. The molecule has 0 aliphatic rings. The highest BCUT2D eigenvalue weighted by atomic mass is 16.4. The molecule has 15 heavy (non-hydrogen) atoms. The number of aryl methyl sites for hydroxylation is 1. The minimum Gasteiger partial charge on any atom is -0.476 e. The van der Waals surface area contributed by atoms with E-state index in [0.29, 0.717) is 11.3 Å². The second-order valence-corrected chi connectivity index (χ2v) is 3.26. The summed E-state index contributed by atoms with van der Waals surface area (Å²) in [6.07, 6.45) is 0. The van der Waals surface area contributed by atoms with Crippen molar-refractivity contribution in [2.45, 2.75) is 20.4 Å². The van der Waals surface area contributed by atoms with Gasteiger partial charge in [0.05, 0.1) is 12.2 Å². The first-order valence-electron chi connectivity index (χ1n) is 4.43. The summed E-state index contributed by atoms with van der Waals surface area (Å²) in [5.74, 6) is -1.22. The lowest BCUT2D eigenvalue weighted by Crippen LogP contribution is -2.21. The standard InChI is InChI=1S/C9H13N3O3/c1-5-7(4-10-6(2)13)12(3)11-8(5)9(14)15/h4H2,1-3H3,(H,10,13)(H,14,15). The molecule has 0 aliphatic heterocycles. The molecule has 2 N–H and O–H groups in total. The molecule has 0 atom stereocenters. The highest BCUT2D eigenvalue weighted by molar-refractivity contribution is 5.87. The van der Waals surface area contributed by atoms with Crippen molar-refractivity contribution in [2.75, 3.05) is 0 Å². The maximum Gasteiger partial charge on any atom is 0.356 e. The monoisotopic (exact) mass is 211 g/mol. The largest absolute Gasteiger partial charge is 0.476 e. The van der Waals surface area contributed by atoms with Crippen LogP contribution in [-0.4, -0.2) is 26.8 Å². The summed E-state index contributed by atoms with van der Waals surface area (Å²) in [7, 11) is 1.65. The van der Waals surface area contributed by atoms with Crippen LogP contribution >= 0.6 is 0 Å². The Labute approximate surface area is 86.9 Å². The molecule has 0 saturated heterocycles. The first kappa shape index (κ1) is 11.2. The van der Waals surface area contributed by atoms with Crippen LogP contribution < -0.4 is 5.32 Å². The summed E-state index contributed by atoms with van der Waals surface area (Å²) in [4.78, 5) is 21.5. The molecule has 1 rings (SSSR count). The van der Waals surface area contributed by atoms with Crippen molar-refractivity contribution >= 4 is 11.9 Å². The number of rotatable bonds is 3. The number of nitrogens with zero attached hydrogens (tertiary/aromatic N) is 2. The summed E-state index contributed by atoms with van der Waals surface area (Å²) in [6.45, 7) is 3.37. The fourth-order valence-electron chi connectivity index (χ4n) is 1.32. The third-order valence-electron chi connectivity index (χ3n) is 2.14. The second-order valence-electron chi connectivity index (χ2n) is 3.26. The molecule has 0 unspecified atom stereocenters. The molecule has 0 saturated carbocycles. The number of hydrogen-bond acceptors (Lipinski definition) is 3. The van der Waals surface area contributed by atoms with Gasteiger partial charge in [0, 0.05) is 19.5 Å². The first-order valence-corrected chi connectivity index (χ1v) is 4.43. The van der Waals surface area contributed by atoms with Crippen LogP contribution in [0.5, 0.6) is 0 Å². The Balaban J connectivity index is 2.97. The van der Waals surface area contributed by atoms with Crippen molar-refractivity contribution in [3.05, 3.63) is 17.0 Å². The van der Waals surface area contributed by atoms with Gasteiger partial charge in [-0.05, 0) is 6.92 Å². The molecule has 1 heterocycles. The minimum atomic E-state index is -1.06. The van der Waals surface area contributed by atoms with Crippen molar-refractivity contribution in [2.24, 2.45) is 7.05 Å². The van der Waals surface area contributed by atoms with Gasteiger partial charge < -0.3 is 10.4 Å². The highest BCUT2D eigenvalue weighted by Crippen LogP contribution is 2.11. The molecule has 0 aliphatic carbocycles. The van der Waals surface area contributed by atoms with Crippen molar-refractivity contribution in [3.8, 4) is 0 Å². The molecule has 6 heteroatoms. The predicted molar refractivity (Wildman–Crippen MR) is 52.4 cm³/mol. The van der Waals surface area contributed by atoms with Crippen molar-refractivity contribution < 1.29 is 14.7 Å². The molecule has 1 aromatic heterocycles. The fourth-order valence-corrected chi connectivity index (χ4v) is 1.32. The van der Waals surface area contributed by atoms with Crippen LogP contribution in [-0.2, 0) is 18.4 Å². The smallest absolute Gasteiger partial charge is 0.356 e. The maximum atomic E-state index is 10.8. The van der Waals surface area contributed by atoms with Crippen LogP contribution in [0, 0.1) is 6.92 Å². The number of carbonyl (C=O) groups is 2. The van der Waals surface area contributed by atoms with Gasteiger partial charge in [0.1, 0.15) is 0 Å². The second kappa shape index (κ2) is 4.12. The summed E-state index contributed by atoms with van der Waals surface area (Å²) in [5, 5.41) is 15.3. The Morgan fingerprint density at radius 3 is 2.53 bits per heavy atom. The zero-order chi connectivity index (χ0) is 11.6. The van der Waals surface area contributed by atoms with Gasteiger partial charge in [0.2, 0.25) is 5.91 Å². The van der Waals surface area contributed by atoms with Gasteiger partial charge in [0.25, 0.3) is 0 Å². The van der Waals surface area contributed by atoms with E-state index < -0.39 is 5.97 Å². The average molecular weight is 211 g/mol. The Kier molecular flexibility index (Phi) is 3.08. The van der Waals surface area contributed by atoms with Crippen LogP contribution in [0.25, 0.3) is 0 Å².